The summed E-state index contributed by atoms with van der Waals surface area (Å²) in [4.78, 5) is 26.7. The summed E-state index contributed by atoms with van der Waals surface area (Å²) in [6.45, 7) is 6.98. The lowest BCUT2D eigenvalue weighted by atomic mass is 9.93. The summed E-state index contributed by atoms with van der Waals surface area (Å²) in [6, 6.07) is 7.00. The lowest BCUT2D eigenvalue weighted by Crippen LogP contribution is -2.47. The largest absolute Gasteiger partial charge is 0.383 e. The Morgan fingerprint density at radius 1 is 1.06 bits per heavy atom. The summed E-state index contributed by atoms with van der Waals surface area (Å²) in [6.07, 6.45) is 10.2. The van der Waals surface area contributed by atoms with Crippen LogP contribution in [0.15, 0.2) is 40.5 Å². The van der Waals surface area contributed by atoms with E-state index in [1.54, 1.807) is 4.90 Å². The van der Waals surface area contributed by atoms with E-state index in [4.69, 9.17) is 5.73 Å². The summed E-state index contributed by atoms with van der Waals surface area (Å²) in [7, 11) is 0. The molecule has 0 spiro atoms. The van der Waals surface area contributed by atoms with E-state index in [0.717, 1.165) is 56.3 Å². The van der Waals surface area contributed by atoms with E-state index in [0.29, 0.717) is 31.5 Å². The first-order chi connectivity index (χ1) is 16.9. The van der Waals surface area contributed by atoms with Gasteiger partial charge >= 0.3 is 6.03 Å². The fourth-order valence-electron chi connectivity index (χ4n) is 5.38. The van der Waals surface area contributed by atoms with Gasteiger partial charge in [0.05, 0.1) is 6.04 Å². The summed E-state index contributed by atoms with van der Waals surface area (Å²) < 4.78 is 1.16. The van der Waals surface area contributed by atoms with Crippen LogP contribution >= 0.6 is 15.9 Å². The van der Waals surface area contributed by atoms with Gasteiger partial charge in [0.25, 0.3) is 0 Å². The van der Waals surface area contributed by atoms with Gasteiger partial charge in [0.15, 0.2) is 0 Å². The number of rotatable bonds is 2. The number of piperidine rings is 1. The first-order valence-electron chi connectivity index (χ1n) is 12.8. The SMILES string of the molecule is Cc1ccc2c(c1)CCC1=CC(Br)=CNC1C2.NC(=O)N1CCC(CC(=O)N2CCNCC2)CC1. The molecule has 0 saturated carbocycles. The predicted octanol–water partition coefficient (Wildman–Crippen LogP) is 3.22. The fraction of sp³-hybridized carbons (Fsp3) is 0.556. The van der Waals surface area contributed by atoms with Gasteiger partial charge in [-0.15, -0.1) is 0 Å². The van der Waals surface area contributed by atoms with Crippen LogP contribution in [0.4, 0.5) is 4.79 Å². The number of hydrogen-bond donors (Lipinski definition) is 3. The number of halogens is 1. The van der Waals surface area contributed by atoms with E-state index in [-0.39, 0.29) is 11.9 Å². The first kappa shape index (κ1) is 25.8. The topological polar surface area (TPSA) is 90.7 Å². The van der Waals surface area contributed by atoms with Crippen LogP contribution in [0.1, 0.15) is 42.4 Å². The Kier molecular flexibility index (Phi) is 8.89. The summed E-state index contributed by atoms with van der Waals surface area (Å²) in [5.74, 6) is 0.664. The molecule has 3 heterocycles. The number of nitrogens with one attached hydrogen (secondary N) is 2. The van der Waals surface area contributed by atoms with Crippen LogP contribution in [0, 0.1) is 12.8 Å². The first-order valence-corrected chi connectivity index (χ1v) is 13.6. The number of likely N-dealkylation sites (tertiary alicyclic amines) is 1. The second kappa shape index (κ2) is 12.1. The third-order valence-electron chi connectivity index (χ3n) is 7.52. The molecule has 5 rings (SSSR count). The van der Waals surface area contributed by atoms with Crippen molar-refractivity contribution in [2.75, 3.05) is 39.3 Å². The maximum atomic E-state index is 12.1. The zero-order valence-corrected chi connectivity index (χ0v) is 22.3. The van der Waals surface area contributed by atoms with E-state index in [1.807, 2.05) is 4.90 Å². The number of nitrogens with zero attached hydrogens (tertiary/aromatic N) is 2. The van der Waals surface area contributed by atoms with Crippen LogP contribution in [0.2, 0.25) is 0 Å². The third-order valence-corrected chi connectivity index (χ3v) is 7.98. The van der Waals surface area contributed by atoms with Gasteiger partial charge in [0.2, 0.25) is 5.91 Å². The molecule has 1 aliphatic carbocycles. The van der Waals surface area contributed by atoms with Crippen molar-refractivity contribution >= 4 is 27.9 Å². The number of fused-ring (bicyclic) bond motifs is 2. The number of dihydropyridines is 1. The van der Waals surface area contributed by atoms with Crippen molar-refractivity contribution in [2.24, 2.45) is 11.7 Å². The van der Waals surface area contributed by atoms with Crippen LogP contribution in [0.25, 0.3) is 0 Å². The molecule has 35 heavy (non-hydrogen) atoms. The monoisotopic (exact) mass is 543 g/mol. The fourth-order valence-corrected chi connectivity index (χ4v) is 5.80. The zero-order valence-electron chi connectivity index (χ0n) is 20.7. The molecule has 4 N–H and O–H groups in total. The smallest absolute Gasteiger partial charge is 0.314 e. The Morgan fingerprint density at radius 3 is 2.51 bits per heavy atom. The second-order valence-corrected chi connectivity index (χ2v) is 11.0. The third kappa shape index (κ3) is 7.10. The summed E-state index contributed by atoms with van der Waals surface area (Å²) in [5.41, 5.74) is 11.2. The highest BCUT2D eigenvalue weighted by Crippen LogP contribution is 2.29. The Bertz CT molecular complexity index is 978. The number of allylic oxidation sites excluding steroid dienone is 2. The maximum absolute atomic E-state index is 12.1. The molecule has 2 saturated heterocycles. The van der Waals surface area contributed by atoms with Crippen molar-refractivity contribution in [2.45, 2.75) is 51.5 Å². The highest BCUT2D eigenvalue weighted by atomic mass is 79.9. The minimum atomic E-state index is -0.345. The van der Waals surface area contributed by atoms with Crippen molar-refractivity contribution in [3.8, 4) is 0 Å². The highest BCUT2D eigenvalue weighted by molar-refractivity contribution is 9.11. The maximum Gasteiger partial charge on any atom is 0.314 e. The quantitative estimate of drug-likeness (QED) is 0.534. The number of piperazine rings is 1. The number of urea groups is 1. The molecule has 7 nitrogen and oxygen atoms in total. The Morgan fingerprint density at radius 2 is 1.80 bits per heavy atom. The average molecular weight is 545 g/mol. The molecule has 2 fully saturated rings. The zero-order chi connectivity index (χ0) is 24.8. The van der Waals surface area contributed by atoms with Gasteiger partial charge in [-0.25, -0.2) is 4.79 Å². The van der Waals surface area contributed by atoms with Crippen molar-refractivity contribution in [1.29, 1.82) is 0 Å². The lowest BCUT2D eigenvalue weighted by molar-refractivity contribution is -0.133. The number of hydrogen-bond acceptors (Lipinski definition) is 4. The van der Waals surface area contributed by atoms with E-state index in [9.17, 15) is 9.59 Å². The van der Waals surface area contributed by atoms with Gasteiger partial charge in [0, 0.05) is 56.4 Å². The van der Waals surface area contributed by atoms with Crippen molar-refractivity contribution in [3.05, 3.63) is 57.2 Å². The van der Waals surface area contributed by atoms with Gasteiger partial charge in [0.1, 0.15) is 0 Å². The van der Waals surface area contributed by atoms with Crippen LogP contribution in [-0.2, 0) is 17.6 Å². The normalized spacial score (nSPS) is 22.3. The minimum absolute atomic E-state index is 0.258. The van der Waals surface area contributed by atoms with Gasteiger partial charge in [-0.2, -0.15) is 0 Å². The van der Waals surface area contributed by atoms with Gasteiger partial charge in [-0.05, 0) is 83.7 Å². The molecule has 1 aromatic carbocycles. The van der Waals surface area contributed by atoms with Crippen LogP contribution < -0.4 is 16.4 Å². The van der Waals surface area contributed by atoms with Crippen LogP contribution in [0.3, 0.4) is 0 Å². The molecular formula is C27H38BrN5O2. The molecule has 8 heteroatoms. The molecular weight excluding hydrogens is 506 g/mol. The minimum Gasteiger partial charge on any atom is -0.383 e. The Hall–Kier alpha value is -2.32. The van der Waals surface area contributed by atoms with Crippen molar-refractivity contribution in [1.82, 2.24) is 20.4 Å². The molecule has 1 unspecified atom stereocenters. The number of aryl methyl sites for hydroxylation is 2. The van der Waals surface area contributed by atoms with Gasteiger partial charge < -0.3 is 26.2 Å². The average Bonchev–Trinajstić information content (AvgIpc) is 3.04. The van der Waals surface area contributed by atoms with Crippen LogP contribution in [0.5, 0.6) is 0 Å². The van der Waals surface area contributed by atoms with E-state index in [2.05, 4.69) is 64.0 Å². The Balaban J connectivity index is 0.000000165. The van der Waals surface area contributed by atoms with E-state index in [1.165, 1.54) is 28.7 Å². The van der Waals surface area contributed by atoms with E-state index < -0.39 is 0 Å². The van der Waals surface area contributed by atoms with Crippen molar-refractivity contribution in [3.63, 3.8) is 0 Å². The molecule has 1 aromatic rings. The lowest BCUT2D eigenvalue weighted by Gasteiger charge is -2.33. The molecule has 190 valence electrons. The van der Waals surface area contributed by atoms with E-state index >= 15 is 0 Å². The van der Waals surface area contributed by atoms with Crippen molar-refractivity contribution < 1.29 is 9.59 Å². The molecule has 1 atom stereocenters. The van der Waals surface area contributed by atoms with Gasteiger partial charge in [-0.1, -0.05) is 23.8 Å². The number of primary amides is 1. The molecule has 0 radical (unpaired) electrons. The Labute approximate surface area is 217 Å². The summed E-state index contributed by atoms with van der Waals surface area (Å²) in [5, 5.41) is 6.73. The number of amides is 3. The standard InChI is InChI=1S/C15H16BrN.C12H22N4O2/c1-10-2-3-12-8-15-13(5-4-11(12)6-10)7-14(16)9-17-15;13-12(18)16-5-1-10(2-6-16)9-11(17)15-7-3-14-4-8-15/h2-3,6-7,9,15,17H,4-5,8H2,1H3;10,14H,1-9H2,(H2,13,18). The predicted molar refractivity (Wildman–Crippen MR) is 143 cm³/mol. The second-order valence-electron chi connectivity index (χ2n) is 10.0. The van der Waals surface area contributed by atoms with Crippen LogP contribution in [-0.4, -0.2) is 67.0 Å². The summed E-state index contributed by atoms with van der Waals surface area (Å²) >= 11 is 3.54. The highest BCUT2D eigenvalue weighted by Gasteiger charge is 2.26. The van der Waals surface area contributed by atoms with Gasteiger partial charge in [-0.3, -0.25) is 4.79 Å². The number of nitrogens with two attached hydrogens (primary N) is 1. The molecule has 0 bridgehead atoms. The number of carbonyl (C=O) groups excluding carboxylic acids is 2. The molecule has 3 amide bonds. The number of carbonyl (C=O) groups is 2. The molecule has 3 aliphatic heterocycles. The molecule has 0 aromatic heterocycles. The number of benzene rings is 1. The molecule has 4 aliphatic rings.